The summed E-state index contributed by atoms with van der Waals surface area (Å²) < 4.78 is 5.26. The second kappa shape index (κ2) is 3.70. The van der Waals surface area contributed by atoms with Crippen molar-refractivity contribution in [3.63, 3.8) is 0 Å². The number of Topliss-reactive ketones (excluding diaryl/α,β-unsaturated/α-hetero) is 1. The lowest BCUT2D eigenvalue weighted by Gasteiger charge is -2.11. The maximum absolute atomic E-state index is 11.8. The van der Waals surface area contributed by atoms with Crippen LogP contribution in [0.25, 0.3) is 17.4 Å². The Morgan fingerprint density at radius 3 is 2.88 bits per heavy atom. The highest BCUT2D eigenvalue weighted by Crippen LogP contribution is 2.30. The number of rotatable bonds is 1. The van der Waals surface area contributed by atoms with E-state index in [2.05, 4.69) is 5.16 Å². The van der Waals surface area contributed by atoms with Crippen molar-refractivity contribution < 1.29 is 9.32 Å². The van der Waals surface area contributed by atoms with Crippen molar-refractivity contribution in [1.29, 1.82) is 0 Å². The second-order valence-corrected chi connectivity index (χ2v) is 4.13. The van der Waals surface area contributed by atoms with Gasteiger partial charge in [0.25, 0.3) is 0 Å². The van der Waals surface area contributed by atoms with Crippen LogP contribution in [0, 0.1) is 6.92 Å². The first-order valence-electron chi connectivity index (χ1n) is 5.52. The molecule has 0 atom stereocenters. The van der Waals surface area contributed by atoms with E-state index in [-0.39, 0.29) is 5.78 Å². The average molecular weight is 225 g/mol. The van der Waals surface area contributed by atoms with Gasteiger partial charge < -0.3 is 4.52 Å². The maximum Gasteiger partial charge on any atom is 0.167 e. The van der Waals surface area contributed by atoms with E-state index >= 15 is 0 Å². The van der Waals surface area contributed by atoms with Gasteiger partial charge >= 0.3 is 0 Å². The molecule has 0 N–H and O–H groups in total. The van der Waals surface area contributed by atoms with Crippen molar-refractivity contribution >= 4 is 11.9 Å². The van der Waals surface area contributed by atoms with Gasteiger partial charge in [0.15, 0.2) is 11.5 Å². The Bertz CT molecular complexity index is 623. The highest BCUT2D eigenvalue weighted by Gasteiger charge is 2.18. The normalized spacial score (nSPS) is 13.8. The molecule has 2 aromatic rings. The Hall–Kier alpha value is -2.16. The lowest BCUT2D eigenvalue weighted by Crippen LogP contribution is -2.04. The molecule has 0 unspecified atom stereocenters. The number of benzene rings is 1. The minimum atomic E-state index is 0.153. The van der Waals surface area contributed by atoms with E-state index in [0.717, 1.165) is 22.4 Å². The fourth-order valence-corrected chi connectivity index (χ4v) is 2.09. The molecule has 3 rings (SSSR count). The largest absolute Gasteiger partial charge is 0.356 e. The first-order chi connectivity index (χ1) is 8.25. The molecule has 84 valence electrons. The molecule has 0 spiro atoms. The summed E-state index contributed by atoms with van der Waals surface area (Å²) in [6, 6.07) is 7.56. The number of carbonyl (C=O) groups is 1. The topological polar surface area (TPSA) is 43.1 Å². The van der Waals surface area contributed by atoms with Gasteiger partial charge in [-0.15, -0.1) is 0 Å². The number of aryl methyl sites for hydroxylation is 1. The highest BCUT2D eigenvalue weighted by molar-refractivity contribution is 6.04. The molecule has 3 heteroatoms. The van der Waals surface area contributed by atoms with Crippen molar-refractivity contribution in [2.45, 2.75) is 13.3 Å². The molecule has 17 heavy (non-hydrogen) atoms. The van der Waals surface area contributed by atoms with Gasteiger partial charge in [-0.2, -0.15) is 0 Å². The van der Waals surface area contributed by atoms with Crippen LogP contribution in [0.15, 0.2) is 34.9 Å². The molecule has 0 fully saturated rings. The Balaban J connectivity index is 2.23. The summed E-state index contributed by atoms with van der Waals surface area (Å²) >= 11 is 0. The molecule has 0 amide bonds. The average Bonchev–Trinajstić information content (AvgIpc) is 2.76. The SMILES string of the molecule is Cc1cc(-c2cccc3c2C=CCC3=O)on1. The van der Waals surface area contributed by atoms with Gasteiger partial charge in [-0.1, -0.05) is 35.5 Å². The fraction of sp³-hybridized carbons (Fsp3) is 0.143. The van der Waals surface area contributed by atoms with E-state index in [1.165, 1.54) is 0 Å². The van der Waals surface area contributed by atoms with E-state index in [0.29, 0.717) is 12.2 Å². The third-order valence-electron chi connectivity index (χ3n) is 2.89. The summed E-state index contributed by atoms with van der Waals surface area (Å²) in [7, 11) is 0. The number of ketones is 1. The van der Waals surface area contributed by atoms with Gasteiger partial charge in [0, 0.05) is 23.6 Å². The van der Waals surface area contributed by atoms with Crippen LogP contribution in [0.4, 0.5) is 0 Å². The molecule has 1 aliphatic rings. The highest BCUT2D eigenvalue weighted by atomic mass is 16.5. The third kappa shape index (κ3) is 1.60. The van der Waals surface area contributed by atoms with E-state index in [1.54, 1.807) is 0 Å². The summed E-state index contributed by atoms with van der Waals surface area (Å²) in [5, 5.41) is 3.88. The zero-order valence-electron chi connectivity index (χ0n) is 9.43. The number of hydrogen-bond donors (Lipinski definition) is 0. The number of fused-ring (bicyclic) bond motifs is 1. The smallest absolute Gasteiger partial charge is 0.167 e. The number of hydrogen-bond acceptors (Lipinski definition) is 3. The van der Waals surface area contributed by atoms with Crippen LogP contribution in [0.2, 0.25) is 0 Å². The Labute approximate surface area is 98.7 Å². The molecule has 0 radical (unpaired) electrons. The zero-order valence-corrected chi connectivity index (χ0v) is 9.43. The second-order valence-electron chi connectivity index (χ2n) is 4.13. The lowest BCUT2D eigenvalue weighted by molar-refractivity contribution is 0.0994. The summed E-state index contributed by atoms with van der Waals surface area (Å²) in [4.78, 5) is 11.8. The van der Waals surface area contributed by atoms with Crippen molar-refractivity contribution in [3.05, 3.63) is 47.2 Å². The predicted molar refractivity (Wildman–Crippen MR) is 64.7 cm³/mol. The Morgan fingerprint density at radius 2 is 2.12 bits per heavy atom. The van der Waals surface area contributed by atoms with Crippen LogP contribution in [0.1, 0.15) is 28.0 Å². The number of allylic oxidation sites excluding steroid dienone is 1. The van der Waals surface area contributed by atoms with Crippen molar-refractivity contribution in [3.8, 4) is 11.3 Å². The predicted octanol–water partition coefficient (Wildman–Crippen LogP) is 3.25. The third-order valence-corrected chi connectivity index (χ3v) is 2.89. The van der Waals surface area contributed by atoms with Gasteiger partial charge in [-0.3, -0.25) is 4.79 Å². The molecule has 1 heterocycles. The van der Waals surface area contributed by atoms with Crippen LogP contribution in [0.5, 0.6) is 0 Å². The van der Waals surface area contributed by atoms with Crippen LogP contribution in [-0.4, -0.2) is 10.9 Å². The minimum Gasteiger partial charge on any atom is -0.356 e. The molecule has 1 aromatic carbocycles. The zero-order chi connectivity index (χ0) is 11.8. The Kier molecular flexibility index (Phi) is 2.18. The molecular formula is C14H11NO2. The van der Waals surface area contributed by atoms with Gasteiger partial charge in [0.05, 0.1) is 5.69 Å². The van der Waals surface area contributed by atoms with Gasteiger partial charge in [-0.25, -0.2) is 0 Å². The molecule has 1 aliphatic carbocycles. The number of carbonyl (C=O) groups excluding carboxylic acids is 1. The van der Waals surface area contributed by atoms with Crippen LogP contribution < -0.4 is 0 Å². The summed E-state index contributed by atoms with van der Waals surface area (Å²) in [5.74, 6) is 0.860. The Morgan fingerprint density at radius 1 is 1.29 bits per heavy atom. The summed E-state index contributed by atoms with van der Waals surface area (Å²) in [6.45, 7) is 1.88. The van der Waals surface area contributed by atoms with Crippen LogP contribution in [0.3, 0.4) is 0 Å². The quantitative estimate of drug-likeness (QED) is 0.748. The number of nitrogens with zero attached hydrogens (tertiary/aromatic N) is 1. The fourth-order valence-electron chi connectivity index (χ4n) is 2.09. The molecule has 0 bridgehead atoms. The summed E-state index contributed by atoms with van der Waals surface area (Å²) in [5.41, 5.74) is 3.45. The van der Waals surface area contributed by atoms with Gasteiger partial charge in [-0.05, 0) is 12.5 Å². The molecule has 0 aliphatic heterocycles. The molecule has 0 saturated heterocycles. The van der Waals surface area contributed by atoms with Crippen molar-refractivity contribution in [2.75, 3.05) is 0 Å². The first kappa shape index (κ1) is 10.0. The van der Waals surface area contributed by atoms with E-state index in [9.17, 15) is 4.79 Å². The minimum absolute atomic E-state index is 0.153. The van der Waals surface area contributed by atoms with Crippen LogP contribution >= 0.6 is 0 Å². The lowest BCUT2D eigenvalue weighted by atomic mass is 9.91. The van der Waals surface area contributed by atoms with E-state index in [1.807, 2.05) is 43.3 Å². The number of aromatic nitrogens is 1. The van der Waals surface area contributed by atoms with Crippen molar-refractivity contribution in [1.82, 2.24) is 5.16 Å². The maximum atomic E-state index is 11.8. The molecule has 3 nitrogen and oxygen atoms in total. The molecule has 0 saturated carbocycles. The first-order valence-corrected chi connectivity index (χ1v) is 5.52. The van der Waals surface area contributed by atoms with Gasteiger partial charge in [0.2, 0.25) is 0 Å². The van der Waals surface area contributed by atoms with E-state index < -0.39 is 0 Å². The monoisotopic (exact) mass is 225 g/mol. The van der Waals surface area contributed by atoms with Gasteiger partial charge in [0.1, 0.15) is 0 Å². The van der Waals surface area contributed by atoms with Crippen LogP contribution in [-0.2, 0) is 0 Å². The molecular weight excluding hydrogens is 214 g/mol. The molecule has 1 aromatic heterocycles. The van der Waals surface area contributed by atoms with Crippen molar-refractivity contribution in [2.24, 2.45) is 0 Å². The van der Waals surface area contributed by atoms with E-state index in [4.69, 9.17) is 4.52 Å². The summed E-state index contributed by atoms with van der Waals surface area (Å²) in [6.07, 6.45) is 4.34. The standard InChI is InChI=1S/C14H11NO2/c1-9-8-14(17-15-9)12-6-2-5-11-10(12)4-3-7-13(11)16/h2-6,8H,7H2,1H3.